The molecule has 2 aromatic rings. The summed E-state index contributed by atoms with van der Waals surface area (Å²) in [6, 6.07) is 6.10. The van der Waals surface area contributed by atoms with Crippen LogP contribution in [0.25, 0.3) is 11.0 Å². The molecule has 35 heavy (non-hydrogen) atoms. The third-order valence-corrected chi connectivity index (χ3v) is 8.69. The smallest absolute Gasteiger partial charge is 0.220 e. The first-order valence-corrected chi connectivity index (χ1v) is 13.8. The predicted octanol–water partition coefficient (Wildman–Crippen LogP) is 4.87. The molecule has 2 unspecified atom stereocenters. The number of aromatic nitrogens is 1. The minimum Gasteiger partial charge on any atom is -0.381 e. The highest BCUT2D eigenvalue weighted by Gasteiger charge is 2.28. The van der Waals surface area contributed by atoms with Crippen molar-refractivity contribution in [2.75, 3.05) is 44.7 Å². The molecule has 8 heteroatoms. The van der Waals surface area contributed by atoms with E-state index in [4.69, 9.17) is 20.9 Å². The summed E-state index contributed by atoms with van der Waals surface area (Å²) in [6.07, 6.45) is 10.2. The first-order chi connectivity index (χ1) is 17.1. The van der Waals surface area contributed by atoms with Crippen molar-refractivity contribution in [2.45, 2.75) is 69.9 Å². The Morgan fingerprint density at radius 1 is 1.11 bits per heavy atom. The van der Waals surface area contributed by atoms with Crippen molar-refractivity contribution in [3.05, 3.63) is 23.2 Å². The van der Waals surface area contributed by atoms with Gasteiger partial charge in [0.1, 0.15) is 0 Å². The molecule has 2 heterocycles. The molecule has 3 aliphatic rings. The number of amides is 1. The molecular weight excluding hydrogens is 464 g/mol. The highest BCUT2D eigenvalue weighted by molar-refractivity contribution is 6.31. The zero-order valence-corrected chi connectivity index (χ0v) is 21.6. The lowest BCUT2D eigenvalue weighted by atomic mass is 9.84. The Morgan fingerprint density at radius 2 is 1.89 bits per heavy atom. The van der Waals surface area contributed by atoms with Crippen molar-refractivity contribution in [1.29, 1.82) is 0 Å². The van der Waals surface area contributed by atoms with Gasteiger partial charge in [-0.1, -0.05) is 16.8 Å². The Labute approximate surface area is 213 Å². The number of piperazine rings is 1. The van der Waals surface area contributed by atoms with Crippen molar-refractivity contribution in [2.24, 2.45) is 11.8 Å². The largest absolute Gasteiger partial charge is 0.381 e. The molecule has 1 aliphatic heterocycles. The van der Waals surface area contributed by atoms with Crippen LogP contribution in [0, 0.1) is 11.8 Å². The number of nitrogens with one attached hydrogen (secondary N) is 1. The summed E-state index contributed by atoms with van der Waals surface area (Å²) in [5.74, 6) is 2.46. The molecule has 7 nitrogen and oxygen atoms in total. The van der Waals surface area contributed by atoms with Gasteiger partial charge in [-0.3, -0.25) is 9.69 Å². The van der Waals surface area contributed by atoms with Crippen molar-refractivity contribution in [3.8, 4) is 0 Å². The van der Waals surface area contributed by atoms with Gasteiger partial charge in [-0.2, -0.15) is 0 Å². The van der Waals surface area contributed by atoms with E-state index in [1.54, 1.807) is 7.11 Å². The number of ether oxygens (including phenoxy) is 1. The quantitative estimate of drug-likeness (QED) is 0.555. The summed E-state index contributed by atoms with van der Waals surface area (Å²) in [7, 11) is 1.78. The highest BCUT2D eigenvalue weighted by atomic mass is 35.5. The zero-order chi connectivity index (χ0) is 24.2. The molecule has 1 N–H and O–H groups in total. The molecule has 1 saturated heterocycles. The van der Waals surface area contributed by atoms with Crippen molar-refractivity contribution < 1.29 is 14.1 Å². The number of benzene rings is 1. The molecule has 5 rings (SSSR count). The molecule has 2 atom stereocenters. The number of methoxy groups -OCH3 is 1. The summed E-state index contributed by atoms with van der Waals surface area (Å²) in [6.45, 7) is 5.20. The van der Waals surface area contributed by atoms with E-state index in [1.165, 1.54) is 19.3 Å². The molecule has 0 bridgehead atoms. The molecule has 1 aromatic heterocycles. The van der Waals surface area contributed by atoms with E-state index in [-0.39, 0.29) is 5.91 Å². The molecule has 0 radical (unpaired) electrons. The van der Waals surface area contributed by atoms with E-state index in [2.05, 4.69) is 20.3 Å². The van der Waals surface area contributed by atoms with Crippen LogP contribution in [0.4, 0.5) is 5.82 Å². The number of rotatable bonds is 8. The summed E-state index contributed by atoms with van der Waals surface area (Å²) in [5, 5.41) is 9.34. The first kappa shape index (κ1) is 24.8. The van der Waals surface area contributed by atoms with Crippen molar-refractivity contribution in [3.63, 3.8) is 0 Å². The van der Waals surface area contributed by atoms with Gasteiger partial charge in [0.15, 0.2) is 11.4 Å². The monoisotopic (exact) mass is 502 g/mol. The van der Waals surface area contributed by atoms with Crippen LogP contribution in [0.2, 0.25) is 5.02 Å². The number of nitrogens with zero attached hydrogens (tertiary/aromatic N) is 3. The molecule has 1 aromatic carbocycles. The van der Waals surface area contributed by atoms with Gasteiger partial charge in [0, 0.05) is 56.8 Å². The molecule has 2 aliphatic carbocycles. The van der Waals surface area contributed by atoms with Crippen LogP contribution in [-0.4, -0.2) is 67.9 Å². The average Bonchev–Trinajstić information content (AvgIpc) is 3.50. The van der Waals surface area contributed by atoms with E-state index in [0.29, 0.717) is 29.5 Å². The van der Waals surface area contributed by atoms with Gasteiger partial charge in [-0.15, -0.1) is 0 Å². The number of carbonyl (C=O) groups is 1. The third-order valence-electron chi connectivity index (χ3n) is 8.45. The van der Waals surface area contributed by atoms with E-state index in [1.807, 2.05) is 18.2 Å². The molecule has 0 spiro atoms. The summed E-state index contributed by atoms with van der Waals surface area (Å²) >= 11 is 6.07. The second-order valence-corrected chi connectivity index (χ2v) is 11.2. The number of hydrogen-bond acceptors (Lipinski definition) is 6. The Morgan fingerprint density at radius 3 is 2.63 bits per heavy atom. The fourth-order valence-electron chi connectivity index (χ4n) is 6.25. The van der Waals surface area contributed by atoms with Crippen LogP contribution < -0.4 is 10.2 Å². The number of anilines is 1. The topological polar surface area (TPSA) is 70.8 Å². The maximum Gasteiger partial charge on any atom is 0.220 e. The summed E-state index contributed by atoms with van der Waals surface area (Å²) < 4.78 is 10.9. The van der Waals surface area contributed by atoms with Gasteiger partial charge in [-0.25, -0.2) is 0 Å². The summed E-state index contributed by atoms with van der Waals surface area (Å²) in [4.78, 5) is 17.4. The third kappa shape index (κ3) is 6.30. The normalized spacial score (nSPS) is 28.0. The number of hydrogen-bond donors (Lipinski definition) is 1. The standard InChI is InChI=1S/C27H39ClN4O3/c1-34-23-8-4-20(16-23)17-26(33)29-22-6-2-19(3-7-22)10-11-31-12-14-32(15-13-31)27-24-9-5-21(28)18-25(24)35-30-27/h5,9,18-20,22-23H,2-4,6-8,10-17H2,1H3,(H,29,33). The van der Waals surface area contributed by atoms with E-state index in [0.717, 1.165) is 87.5 Å². The maximum absolute atomic E-state index is 12.5. The first-order valence-electron chi connectivity index (χ1n) is 13.4. The van der Waals surface area contributed by atoms with Gasteiger partial charge in [0.2, 0.25) is 5.91 Å². The Balaban J connectivity index is 0.984. The van der Waals surface area contributed by atoms with Gasteiger partial charge in [0.05, 0.1) is 11.5 Å². The van der Waals surface area contributed by atoms with Crippen LogP contribution in [0.5, 0.6) is 0 Å². The Hall–Kier alpha value is -1.83. The van der Waals surface area contributed by atoms with Gasteiger partial charge >= 0.3 is 0 Å². The fourth-order valence-corrected chi connectivity index (χ4v) is 6.41. The lowest BCUT2D eigenvalue weighted by Crippen LogP contribution is -2.47. The Bertz CT molecular complexity index is 982. The number of carbonyl (C=O) groups excluding carboxylic acids is 1. The predicted molar refractivity (Wildman–Crippen MR) is 139 cm³/mol. The van der Waals surface area contributed by atoms with Crippen LogP contribution in [0.1, 0.15) is 57.8 Å². The van der Waals surface area contributed by atoms with Gasteiger partial charge in [-0.05, 0) is 81.9 Å². The average molecular weight is 503 g/mol. The lowest BCUT2D eigenvalue weighted by molar-refractivity contribution is -0.123. The minimum absolute atomic E-state index is 0.246. The highest BCUT2D eigenvalue weighted by Crippen LogP contribution is 2.32. The minimum atomic E-state index is 0.246. The molecule has 192 valence electrons. The van der Waals surface area contributed by atoms with Gasteiger partial charge in [0.25, 0.3) is 0 Å². The second-order valence-electron chi connectivity index (χ2n) is 10.8. The number of fused-ring (bicyclic) bond motifs is 1. The lowest BCUT2D eigenvalue weighted by Gasteiger charge is -2.36. The van der Waals surface area contributed by atoms with Crippen LogP contribution in [0.15, 0.2) is 22.7 Å². The number of halogens is 1. The molecule has 1 amide bonds. The van der Waals surface area contributed by atoms with Gasteiger partial charge < -0.3 is 19.5 Å². The zero-order valence-electron chi connectivity index (χ0n) is 20.9. The second kappa shape index (κ2) is 11.5. The molecule has 3 fully saturated rings. The Kier molecular flexibility index (Phi) is 8.15. The van der Waals surface area contributed by atoms with Crippen molar-refractivity contribution in [1.82, 2.24) is 15.4 Å². The van der Waals surface area contributed by atoms with E-state index >= 15 is 0 Å². The van der Waals surface area contributed by atoms with Crippen LogP contribution in [0.3, 0.4) is 0 Å². The van der Waals surface area contributed by atoms with Crippen molar-refractivity contribution >= 4 is 34.3 Å². The maximum atomic E-state index is 12.5. The fraction of sp³-hybridized carbons (Fsp3) is 0.704. The van der Waals surface area contributed by atoms with Crippen LogP contribution in [-0.2, 0) is 9.53 Å². The van der Waals surface area contributed by atoms with E-state index in [9.17, 15) is 4.79 Å². The van der Waals surface area contributed by atoms with E-state index < -0.39 is 0 Å². The SMILES string of the molecule is COC1CCC(CC(=O)NC2CCC(CCN3CCN(c4noc5cc(Cl)ccc45)CC3)CC2)C1. The molecular formula is C27H39ClN4O3. The summed E-state index contributed by atoms with van der Waals surface area (Å²) in [5.41, 5.74) is 0.750. The van der Waals surface area contributed by atoms with Crippen LogP contribution >= 0.6 is 11.6 Å². The molecule has 2 saturated carbocycles.